The largest absolute Gasteiger partial charge is 0.327 e. The normalized spacial score (nSPS) is 31.9. The fourth-order valence-electron chi connectivity index (χ4n) is 2.36. The zero-order valence-corrected chi connectivity index (χ0v) is 8.34. The lowest BCUT2D eigenvalue weighted by molar-refractivity contribution is 0.343. The Bertz CT molecular complexity index is 162. The second-order valence-electron chi connectivity index (χ2n) is 4.40. The maximum Gasteiger partial charge on any atom is 0.0107 e. The highest BCUT2D eigenvalue weighted by Crippen LogP contribution is 2.34. The van der Waals surface area contributed by atoms with Crippen LogP contribution in [-0.2, 0) is 0 Å². The summed E-state index contributed by atoms with van der Waals surface area (Å²) in [5.41, 5.74) is 7.33. The monoisotopic (exact) mass is 167 g/mol. The van der Waals surface area contributed by atoms with E-state index in [4.69, 9.17) is 5.73 Å². The van der Waals surface area contributed by atoms with Crippen molar-refractivity contribution in [2.45, 2.75) is 45.6 Å². The van der Waals surface area contributed by atoms with Crippen LogP contribution in [0.15, 0.2) is 12.2 Å². The number of hydrogen-bond donors (Lipinski definition) is 1. The average Bonchev–Trinajstić information content (AvgIpc) is 2.33. The summed E-state index contributed by atoms with van der Waals surface area (Å²) in [7, 11) is 0. The number of nitrogens with two attached hydrogens (primary N) is 1. The van der Waals surface area contributed by atoms with Gasteiger partial charge >= 0.3 is 0 Å². The molecule has 1 saturated carbocycles. The van der Waals surface area contributed by atoms with E-state index in [1.165, 1.54) is 24.8 Å². The van der Waals surface area contributed by atoms with Crippen molar-refractivity contribution in [1.82, 2.24) is 0 Å². The standard InChI is InChI=1S/C11H21N/c1-8(2)7-11(12)10-6-4-5-9(10)3/h9-11H,1,4-7,12H2,2-3H3. The number of hydrogen-bond acceptors (Lipinski definition) is 1. The summed E-state index contributed by atoms with van der Waals surface area (Å²) in [5.74, 6) is 1.58. The Morgan fingerprint density at radius 3 is 2.67 bits per heavy atom. The van der Waals surface area contributed by atoms with Gasteiger partial charge in [-0.25, -0.2) is 0 Å². The van der Waals surface area contributed by atoms with E-state index in [-0.39, 0.29) is 0 Å². The highest BCUT2D eigenvalue weighted by molar-refractivity contribution is 4.95. The summed E-state index contributed by atoms with van der Waals surface area (Å²) >= 11 is 0. The molecule has 0 bridgehead atoms. The predicted molar refractivity (Wildman–Crippen MR) is 53.9 cm³/mol. The van der Waals surface area contributed by atoms with Crippen molar-refractivity contribution in [3.8, 4) is 0 Å². The first-order valence-corrected chi connectivity index (χ1v) is 5.01. The quantitative estimate of drug-likeness (QED) is 0.643. The Morgan fingerprint density at radius 1 is 1.58 bits per heavy atom. The van der Waals surface area contributed by atoms with Gasteiger partial charge in [0.1, 0.15) is 0 Å². The SMILES string of the molecule is C=C(C)CC(N)C1CCCC1C. The Morgan fingerprint density at radius 2 is 2.25 bits per heavy atom. The van der Waals surface area contributed by atoms with Crippen LogP contribution in [0.25, 0.3) is 0 Å². The summed E-state index contributed by atoms with van der Waals surface area (Å²) in [5, 5.41) is 0. The van der Waals surface area contributed by atoms with Crippen molar-refractivity contribution in [2.24, 2.45) is 17.6 Å². The fraction of sp³-hybridized carbons (Fsp3) is 0.818. The molecule has 1 fully saturated rings. The molecule has 0 spiro atoms. The first kappa shape index (κ1) is 9.79. The van der Waals surface area contributed by atoms with Crippen molar-refractivity contribution in [3.05, 3.63) is 12.2 Å². The van der Waals surface area contributed by atoms with Crippen LogP contribution in [0.2, 0.25) is 0 Å². The van der Waals surface area contributed by atoms with Crippen molar-refractivity contribution in [1.29, 1.82) is 0 Å². The molecule has 0 aromatic heterocycles. The van der Waals surface area contributed by atoms with E-state index in [9.17, 15) is 0 Å². The van der Waals surface area contributed by atoms with Gasteiger partial charge in [0.2, 0.25) is 0 Å². The van der Waals surface area contributed by atoms with Crippen molar-refractivity contribution >= 4 is 0 Å². The molecule has 70 valence electrons. The highest BCUT2D eigenvalue weighted by atomic mass is 14.7. The van der Waals surface area contributed by atoms with Crippen LogP contribution < -0.4 is 5.73 Å². The topological polar surface area (TPSA) is 26.0 Å². The Labute approximate surface area is 76.0 Å². The minimum absolute atomic E-state index is 0.361. The maximum absolute atomic E-state index is 6.11. The molecule has 0 radical (unpaired) electrons. The molecular weight excluding hydrogens is 146 g/mol. The van der Waals surface area contributed by atoms with Gasteiger partial charge < -0.3 is 5.73 Å². The van der Waals surface area contributed by atoms with E-state index in [0.717, 1.165) is 18.3 Å². The third kappa shape index (κ3) is 2.34. The van der Waals surface area contributed by atoms with Gasteiger partial charge in [-0.1, -0.05) is 25.3 Å². The van der Waals surface area contributed by atoms with E-state index in [1.54, 1.807) is 0 Å². The van der Waals surface area contributed by atoms with Gasteiger partial charge in [0.05, 0.1) is 0 Å². The molecule has 0 aromatic carbocycles. The first-order valence-electron chi connectivity index (χ1n) is 5.01. The van der Waals surface area contributed by atoms with Gasteiger partial charge in [0.25, 0.3) is 0 Å². The molecular formula is C11H21N. The lowest BCUT2D eigenvalue weighted by atomic mass is 9.87. The third-order valence-electron chi connectivity index (χ3n) is 3.06. The summed E-state index contributed by atoms with van der Waals surface area (Å²) in [6.07, 6.45) is 5.08. The maximum atomic E-state index is 6.11. The van der Waals surface area contributed by atoms with Crippen molar-refractivity contribution < 1.29 is 0 Å². The first-order chi connectivity index (χ1) is 5.61. The van der Waals surface area contributed by atoms with Crippen LogP contribution in [-0.4, -0.2) is 6.04 Å². The molecule has 0 heterocycles. The zero-order chi connectivity index (χ0) is 9.14. The van der Waals surface area contributed by atoms with Gasteiger partial charge in [-0.05, 0) is 31.6 Å². The number of rotatable bonds is 3. The van der Waals surface area contributed by atoms with E-state index in [1.807, 2.05) is 0 Å². The molecule has 12 heavy (non-hydrogen) atoms. The smallest absolute Gasteiger partial charge is 0.0107 e. The molecule has 2 N–H and O–H groups in total. The van der Waals surface area contributed by atoms with Crippen LogP contribution in [0.3, 0.4) is 0 Å². The predicted octanol–water partition coefficient (Wildman–Crippen LogP) is 2.72. The summed E-state index contributed by atoms with van der Waals surface area (Å²) < 4.78 is 0. The molecule has 1 aliphatic carbocycles. The van der Waals surface area contributed by atoms with Gasteiger partial charge in [0, 0.05) is 6.04 Å². The molecule has 3 unspecified atom stereocenters. The third-order valence-corrected chi connectivity index (χ3v) is 3.06. The second-order valence-corrected chi connectivity index (χ2v) is 4.40. The molecule has 0 amide bonds. The van der Waals surface area contributed by atoms with Crippen LogP contribution >= 0.6 is 0 Å². The molecule has 3 atom stereocenters. The van der Waals surface area contributed by atoms with Gasteiger partial charge in [-0.15, -0.1) is 6.58 Å². The van der Waals surface area contributed by atoms with Crippen LogP contribution in [0.1, 0.15) is 39.5 Å². The summed E-state index contributed by atoms with van der Waals surface area (Å²) in [6.45, 7) is 8.31. The van der Waals surface area contributed by atoms with E-state index in [0.29, 0.717) is 6.04 Å². The Balaban J connectivity index is 2.40. The lowest BCUT2D eigenvalue weighted by Gasteiger charge is -2.23. The second kappa shape index (κ2) is 4.08. The molecule has 1 aliphatic rings. The van der Waals surface area contributed by atoms with E-state index < -0.39 is 0 Å². The minimum atomic E-state index is 0.361. The minimum Gasteiger partial charge on any atom is -0.327 e. The van der Waals surface area contributed by atoms with Gasteiger partial charge in [-0.2, -0.15) is 0 Å². The summed E-state index contributed by atoms with van der Waals surface area (Å²) in [4.78, 5) is 0. The van der Waals surface area contributed by atoms with Crippen LogP contribution in [0.4, 0.5) is 0 Å². The molecule has 0 saturated heterocycles. The van der Waals surface area contributed by atoms with Crippen molar-refractivity contribution in [3.63, 3.8) is 0 Å². The summed E-state index contributed by atoms with van der Waals surface area (Å²) in [6, 6.07) is 0.361. The highest BCUT2D eigenvalue weighted by Gasteiger charge is 2.28. The van der Waals surface area contributed by atoms with E-state index >= 15 is 0 Å². The lowest BCUT2D eigenvalue weighted by Crippen LogP contribution is -2.31. The average molecular weight is 167 g/mol. The van der Waals surface area contributed by atoms with Gasteiger partial charge in [-0.3, -0.25) is 0 Å². The van der Waals surface area contributed by atoms with Crippen molar-refractivity contribution in [2.75, 3.05) is 0 Å². The zero-order valence-electron chi connectivity index (χ0n) is 8.34. The van der Waals surface area contributed by atoms with Gasteiger partial charge in [0.15, 0.2) is 0 Å². The van der Waals surface area contributed by atoms with E-state index in [2.05, 4.69) is 20.4 Å². The van der Waals surface area contributed by atoms with Crippen LogP contribution in [0, 0.1) is 11.8 Å². The molecule has 1 nitrogen and oxygen atoms in total. The molecule has 0 aliphatic heterocycles. The Hall–Kier alpha value is -0.300. The molecule has 1 heteroatoms. The Kier molecular flexibility index (Phi) is 3.33. The fourth-order valence-corrected chi connectivity index (χ4v) is 2.36. The molecule has 0 aromatic rings. The van der Waals surface area contributed by atoms with Crippen LogP contribution in [0.5, 0.6) is 0 Å². The molecule has 1 rings (SSSR count).